The monoisotopic (exact) mass is 143 g/mol. The summed E-state index contributed by atoms with van der Waals surface area (Å²) in [6.07, 6.45) is -0.400. The van der Waals surface area contributed by atoms with Crippen molar-refractivity contribution in [2.75, 3.05) is 0 Å². The zero-order chi connectivity index (χ0) is 7.98. The van der Waals surface area contributed by atoms with E-state index in [0.29, 0.717) is 6.42 Å². The minimum absolute atomic E-state index is 0.297. The highest BCUT2D eigenvalue weighted by molar-refractivity contribution is 5.68. The molecule has 5 heteroatoms. The van der Waals surface area contributed by atoms with Crippen LogP contribution in [0.25, 0.3) is 10.4 Å². The largest absolute Gasteiger partial charge is 0.457 e. The Morgan fingerprint density at radius 2 is 2.50 bits per heavy atom. The number of carbonyl (C=O) groups excluding carboxylic acids is 1. The Hall–Kier alpha value is -1.22. The highest BCUT2D eigenvalue weighted by Crippen LogP contribution is 1.94. The first-order chi connectivity index (χ1) is 4.70. The first kappa shape index (κ1) is 8.78. The fourth-order valence-corrected chi connectivity index (χ4v) is 0.370. The molecule has 0 aromatic heterocycles. The highest BCUT2D eigenvalue weighted by atomic mass is 16.6. The average Bonchev–Trinajstić information content (AvgIpc) is 1.88. The lowest BCUT2D eigenvalue weighted by molar-refractivity contribution is -0.147. The van der Waals surface area contributed by atoms with Gasteiger partial charge in [0, 0.05) is 11.3 Å². The van der Waals surface area contributed by atoms with Crippen LogP contribution >= 0.6 is 0 Å². The Labute approximate surface area is 58.6 Å². The van der Waals surface area contributed by atoms with E-state index in [9.17, 15) is 4.79 Å². The Morgan fingerprint density at radius 3 is 2.90 bits per heavy atom. The summed E-state index contributed by atoms with van der Waals surface area (Å²) < 4.78 is 4.58. The van der Waals surface area contributed by atoms with Gasteiger partial charge in [-0.05, 0) is 17.6 Å². The first-order valence-electron chi connectivity index (χ1n) is 2.94. The van der Waals surface area contributed by atoms with Crippen LogP contribution in [0.3, 0.4) is 0 Å². The zero-order valence-electron chi connectivity index (χ0n) is 5.94. The second-order valence-corrected chi connectivity index (χ2v) is 1.65. The molecule has 0 aliphatic carbocycles. The molecule has 0 spiro atoms. The molecule has 0 aliphatic heterocycles. The smallest absolute Gasteiger partial charge is 0.305 e. The number of esters is 1. The van der Waals surface area contributed by atoms with Crippen molar-refractivity contribution in [1.29, 1.82) is 0 Å². The van der Waals surface area contributed by atoms with Gasteiger partial charge in [-0.2, -0.15) is 0 Å². The molecule has 0 aromatic rings. The molecule has 0 heterocycles. The lowest BCUT2D eigenvalue weighted by Gasteiger charge is -2.04. The molecule has 56 valence electrons. The van der Waals surface area contributed by atoms with Gasteiger partial charge in [-0.3, -0.25) is 4.79 Å². The lowest BCUT2D eigenvalue weighted by Crippen LogP contribution is -2.10. The molecule has 0 aliphatic rings. The molecule has 0 saturated carbocycles. The van der Waals surface area contributed by atoms with Crippen molar-refractivity contribution in [3.63, 3.8) is 0 Å². The summed E-state index contributed by atoms with van der Waals surface area (Å²) >= 11 is 0. The normalized spacial score (nSPS) is 11.4. The van der Waals surface area contributed by atoms with Crippen LogP contribution in [0, 0.1) is 0 Å². The van der Waals surface area contributed by atoms with E-state index < -0.39 is 6.23 Å². The zero-order valence-corrected chi connectivity index (χ0v) is 5.94. The van der Waals surface area contributed by atoms with E-state index in [0.717, 1.165) is 0 Å². The molecule has 0 radical (unpaired) electrons. The van der Waals surface area contributed by atoms with Gasteiger partial charge in [0.25, 0.3) is 0 Å². The Bertz CT molecular complexity index is 162. The Morgan fingerprint density at radius 1 is 1.90 bits per heavy atom. The third-order valence-corrected chi connectivity index (χ3v) is 0.805. The summed E-state index contributed by atoms with van der Waals surface area (Å²) in [5.74, 6) is -0.361. The lowest BCUT2D eigenvalue weighted by atomic mass is 10.5. The fraction of sp³-hybridized carbons (Fsp3) is 0.800. The van der Waals surface area contributed by atoms with Crippen molar-refractivity contribution in [1.82, 2.24) is 0 Å². The van der Waals surface area contributed by atoms with Gasteiger partial charge in [0.2, 0.25) is 0 Å². The first-order valence-corrected chi connectivity index (χ1v) is 2.94. The molecule has 10 heavy (non-hydrogen) atoms. The van der Waals surface area contributed by atoms with Crippen LogP contribution in [-0.2, 0) is 9.53 Å². The maximum Gasteiger partial charge on any atom is 0.305 e. The molecule has 1 atom stereocenters. The Balaban J connectivity index is 3.67. The van der Waals surface area contributed by atoms with Gasteiger partial charge >= 0.3 is 5.97 Å². The van der Waals surface area contributed by atoms with Crippen molar-refractivity contribution in [2.24, 2.45) is 5.11 Å². The van der Waals surface area contributed by atoms with E-state index in [1.54, 1.807) is 6.92 Å². The quantitative estimate of drug-likeness (QED) is 0.260. The number of nitrogens with zero attached hydrogens (tertiary/aromatic N) is 3. The minimum Gasteiger partial charge on any atom is -0.457 e. The van der Waals surface area contributed by atoms with E-state index in [-0.39, 0.29) is 5.97 Å². The number of ether oxygens (including phenoxy) is 1. The standard InChI is InChI=1S/C5H9N3O2/c1-3-5(9)10-4(2)7-8-6/h4H,3H2,1-2H3. The maximum absolute atomic E-state index is 10.5. The van der Waals surface area contributed by atoms with Crippen molar-refractivity contribution in [3.05, 3.63) is 10.4 Å². The molecular weight excluding hydrogens is 134 g/mol. The van der Waals surface area contributed by atoms with Crippen LogP contribution in [0.15, 0.2) is 5.11 Å². The molecular formula is C5H9N3O2. The van der Waals surface area contributed by atoms with E-state index in [2.05, 4.69) is 14.8 Å². The van der Waals surface area contributed by atoms with Crippen LogP contribution in [0.1, 0.15) is 20.3 Å². The third kappa shape index (κ3) is 3.74. The third-order valence-electron chi connectivity index (χ3n) is 0.805. The fourth-order valence-electron chi connectivity index (χ4n) is 0.370. The van der Waals surface area contributed by atoms with E-state index in [4.69, 9.17) is 5.53 Å². The predicted molar refractivity (Wildman–Crippen MR) is 35.0 cm³/mol. The second kappa shape index (κ2) is 4.64. The molecule has 0 bridgehead atoms. The summed E-state index contributed by atoms with van der Waals surface area (Å²) in [4.78, 5) is 13.0. The van der Waals surface area contributed by atoms with E-state index in [1.165, 1.54) is 6.92 Å². The van der Waals surface area contributed by atoms with Crippen LogP contribution in [0.2, 0.25) is 0 Å². The molecule has 0 aromatic carbocycles. The number of hydrogen-bond donors (Lipinski definition) is 0. The van der Waals surface area contributed by atoms with Crippen LogP contribution in [-0.4, -0.2) is 12.2 Å². The summed E-state index contributed by atoms with van der Waals surface area (Å²) in [6.45, 7) is 3.18. The average molecular weight is 143 g/mol. The summed E-state index contributed by atoms with van der Waals surface area (Å²) in [5.41, 5.74) is 7.89. The van der Waals surface area contributed by atoms with Crippen molar-refractivity contribution >= 4 is 5.97 Å². The Kier molecular flexibility index (Phi) is 4.07. The number of azide groups is 1. The van der Waals surface area contributed by atoms with Crippen LogP contribution in [0.4, 0.5) is 0 Å². The van der Waals surface area contributed by atoms with Gasteiger partial charge < -0.3 is 4.74 Å². The second-order valence-electron chi connectivity index (χ2n) is 1.65. The molecule has 0 rings (SSSR count). The minimum atomic E-state index is -0.697. The molecule has 0 saturated heterocycles. The van der Waals surface area contributed by atoms with Crippen molar-refractivity contribution < 1.29 is 9.53 Å². The number of hydrogen-bond acceptors (Lipinski definition) is 3. The molecule has 0 N–H and O–H groups in total. The van der Waals surface area contributed by atoms with Crippen molar-refractivity contribution in [2.45, 2.75) is 26.5 Å². The highest BCUT2D eigenvalue weighted by Gasteiger charge is 2.02. The maximum atomic E-state index is 10.5. The van der Waals surface area contributed by atoms with Crippen molar-refractivity contribution in [3.8, 4) is 0 Å². The summed E-state index contributed by atoms with van der Waals surface area (Å²) in [6, 6.07) is 0. The predicted octanol–water partition coefficient (Wildman–Crippen LogP) is 1.60. The van der Waals surface area contributed by atoms with Gasteiger partial charge in [-0.15, -0.1) is 0 Å². The molecule has 5 nitrogen and oxygen atoms in total. The molecule has 0 fully saturated rings. The van der Waals surface area contributed by atoms with Crippen LogP contribution < -0.4 is 0 Å². The van der Waals surface area contributed by atoms with Gasteiger partial charge in [0.15, 0.2) is 6.23 Å². The summed E-state index contributed by atoms with van der Waals surface area (Å²) in [5, 5.41) is 3.15. The van der Waals surface area contributed by atoms with Gasteiger partial charge in [0.1, 0.15) is 0 Å². The van der Waals surface area contributed by atoms with Gasteiger partial charge in [0.05, 0.1) is 0 Å². The van der Waals surface area contributed by atoms with Gasteiger partial charge in [-0.1, -0.05) is 6.92 Å². The van der Waals surface area contributed by atoms with Gasteiger partial charge in [-0.25, -0.2) is 0 Å². The molecule has 1 unspecified atom stereocenters. The van der Waals surface area contributed by atoms with E-state index >= 15 is 0 Å². The number of carbonyl (C=O) groups is 1. The SMILES string of the molecule is CCC(=O)OC(C)N=[N+]=[N-]. The topological polar surface area (TPSA) is 75.1 Å². The summed E-state index contributed by atoms with van der Waals surface area (Å²) in [7, 11) is 0. The van der Waals surface area contributed by atoms with E-state index in [1.807, 2.05) is 0 Å². The molecule has 0 amide bonds. The number of rotatable bonds is 3. The van der Waals surface area contributed by atoms with Crippen LogP contribution in [0.5, 0.6) is 0 Å².